The maximum atomic E-state index is 12.1. The Bertz CT molecular complexity index is 660. The predicted octanol–water partition coefficient (Wildman–Crippen LogP) is 4.74. The lowest BCUT2D eigenvalue weighted by Crippen LogP contribution is -2.22. The van der Waals surface area contributed by atoms with E-state index in [4.69, 9.17) is 16.3 Å². The van der Waals surface area contributed by atoms with Crippen LogP contribution < -0.4 is 5.32 Å². The third-order valence-electron chi connectivity index (χ3n) is 3.04. The molecule has 0 aliphatic rings. The van der Waals surface area contributed by atoms with Crippen molar-refractivity contribution in [2.24, 2.45) is 0 Å². The summed E-state index contributed by atoms with van der Waals surface area (Å²) in [6, 6.07) is 12.5. The van der Waals surface area contributed by atoms with Gasteiger partial charge in [0.1, 0.15) is 0 Å². The smallest absolute Gasteiger partial charge is 0.333 e. The molecule has 0 bridgehead atoms. The Morgan fingerprint density at radius 1 is 1.29 bits per heavy atom. The van der Waals surface area contributed by atoms with Gasteiger partial charge in [-0.3, -0.25) is 0 Å². The Labute approximate surface area is 137 Å². The number of nitrogens with one attached hydrogen (secondary N) is 1. The van der Waals surface area contributed by atoms with Crippen molar-refractivity contribution in [3.05, 3.63) is 63.1 Å². The van der Waals surface area contributed by atoms with E-state index in [-0.39, 0.29) is 5.97 Å². The van der Waals surface area contributed by atoms with Crippen LogP contribution in [0.15, 0.2) is 46.9 Å². The van der Waals surface area contributed by atoms with Gasteiger partial charge in [0.25, 0.3) is 0 Å². The number of carbonyl (C=O) groups excluding carboxylic acids is 1. The van der Waals surface area contributed by atoms with Crippen molar-refractivity contribution >= 4 is 39.2 Å². The van der Waals surface area contributed by atoms with Gasteiger partial charge in [0, 0.05) is 20.7 Å². The van der Waals surface area contributed by atoms with Gasteiger partial charge in [-0.1, -0.05) is 39.7 Å². The average molecular weight is 369 g/mol. The van der Waals surface area contributed by atoms with Gasteiger partial charge in [-0.05, 0) is 42.8 Å². The number of hydrogen-bond donors (Lipinski definition) is 1. The van der Waals surface area contributed by atoms with Crippen molar-refractivity contribution < 1.29 is 9.53 Å². The van der Waals surface area contributed by atoms with Crippen LogP contribution in [0.2, 0.25) is 5.02 Å². The van der Waals surface area contributed by atoms with Crippen molar-refractivity contribution in [1.82, 2.24) is 0 Å². The Morgan fingerprint density at radius 2 is 2.05 bits per heavy atom. The minimum absolute atomic E-state index is 0.375. The summed E-state index contributed by atoms with van der Waals surface area (Å²) < 4.78 is 5.69. The average Bonchev–Trinajstić information content (AvgIpc) is 2.47. The fourth-order valence-corrected chi connectivity index (χ4v) is 2.67. The van der Waals surface area contributed by atoms with Gasteiger partial charge in [-0.15, -0.1) is 0 Å². The largest absolute Gasteiger partial charge is 0.467 e. The minimum Gasteiger partial charge on any atom is -0.467 e. The quantitative estimate of drug-likeness (QED) is 0.792. The topological polar surface area (TPSA) is 38.3 Å². The lowest BCUT2D eigenvalue weighted by molar-refractivity contribution is -0.141. The summed E-state index contributed by atoms with van der Waals surface area (Å²) in [6.45, 7) is 1.99. The molecule has 1 unspecified atom stereocenters. The van der Waals surface area contributed by atoms with Gasteiger partial charge >= 0.3 is 5.97 Å². The van der Waals surface area contributed by atoms with Crippen LogP contribution in [0.4, 0.5) is 5.69 Å². The molecule has 0 radical (unpaired) electrons. The summed E-state index contributed by atoms with van der Waals surface area (Å²) in [5.41, 5.74) is 2.68. The number of hydrogen-bond acceptors (Lipinski definition) is 3. The number of methoxy groups -OCH3 is 1. The molecule has 21 heavy (non-hydrogen) atoms. The Balaban J connectivity index is 2.39. The minimum atomic E-state index is -0.634. The molecule has 1 N–H and O–H groups in total. The molecule has 0 saturated heterocycles. The number of rotatable bonds is 4. The highest BCUT2D eigenvalue weighted by Crippen LogP contribution is 2.30. The van der Waals surface area contributed by atoms with Gasteiger partial charge in [-0.2, -0.15) is 0 Å². The van der Waals surface area contributed by atoms with Crippen molar-refractivity contribution in [2.45, 2.75) is 13.0 Å². The second-order valence-electron chi connectivity index (χ2n) is 4.64. The molecule has 0 amide bonds. The first kappa shape index (κ1) is 15.9. The van der Waals surface area contributed by atoms with Crippen LogP contribution in [0, 0.1) is 6.92 Å². The summed E-state index contributed by atoms with van der Waals surface area (Å²) in [5.74, 6) is -0.375. The van der Waals surface area contributed by atoms with Crippen LogP contribution >= 0.6 is 27.5 Å². The first-order chi connectivity index (χ1) is 10.0. The molecule has 2 aromatic carbocycles. The fourth-order valence-electron chi connectivity index (χ4n) is 2.02. The van der Waals surface area contributed by atoms with Gasteiger partial charge < -0.3 is 10.1 Å². The number of benzene rings is 2. The van der Waals surface area contributed by atoms with E-state index in [1.807, 2.05) is 37.3 Å². The van der Waals surface area contributed by atoms with Crippen molar-refractivity contribution in [1.29, 1.82) is 0 Å². The molecule has 110 valence electrons. The van der Waals surface area contributed by atoms with Crippen LogP contribution in [0.5, 0.6) is 0 Å². The van der Waals surface area contributed by atoms with E-state index in [2.05, 4.69) is 21.2 Å². The summed E-state index contributed by atoms with van der Waals surface area (Å²) >= 11 is 9.49. The molecule has 0 heterocycles. The van der Waals surface area contributed by atoms with E-state index in [1.165, 1.54) is 7.11 Å². The van der Waals surface area contributed by atoms with E-state index >= 15 is 0 Å². The zero-order valence-corrected chi connectivity index (χ0v) is 14.0. The third kappa shape index (κ3) is 3.99. The number of anilines is 1. The summed E-state index contributed by atoms with van der Waals surface area (Å²) in [7, 11) is 1.37. The second kappa shape index (κ2) is 6.96. The van der Waals surface area contributed by atoms with Crippen molar-refractivity contribution in [2.75, 3.05) is 12.4 Å². The van der Waals surface area contributed by atoms with Crippen LogP contribution in [0.25, 0.3) is 0 Å². The number of esters is 1. The molecule has 0 spiro atoms. The molecule has 1 atom stereocenters. The predicted molar refractivity (Wildman–Crippen MR) is 88.7 cm³/mol. The molecule has 5 heteroatoms. The zero-order valence-electron chi connectivity index (χ0n) is 11.7. The zero-order chi connectivity index (χ0) is 15.4. The molecule has 0 saturated carbocycles. The Morgan fingerprint density at radius 3 is 2.71 bits per heavy atom. The van der Waals surface area contributed by atoms with Gasteiger partial charge in [0.15, 0.2) is 6.04 Å². The molecule has 0 aliphatic heterocycles. The number of halogens is 2. The molecular formula is C16H15BrClNO2. The number of aryl methyl sites for hydroxylation is 1. The maximum absolute atomic E-state index is 12.1. The highest BCUT2D eigenvalue weighted by molar-refractivity contribution is 9.10. The van der Waals surface area contributed by atoms with Gasteiger partial charge in [0.05, 0.1) is 7.11 Å². The Hall–Kier alpha value is -1.52. The summed E-state index contributed by atoms with van der Waals surface area (Å²) in [5, 5.41) is 3.75. The molecular weight excluding hydrogens is 354 g/mol. The van der Waals surface area contributed by atoms with Gasteiger partial charge in [-0.25, -0.2) is 4.79 Å². The molecule has 0 fully saturated rings. The lowest BCUT2D eigenvalue weighted by atomic mass is 10.1. The summed E-state index contributed by atoms with van der Waals surface area (Å²) in [4.78, 5) is 12.1. The maximum Gasteiger partial charge on any atom is 0.333 e. The highest BCUT2D eigenvalue weighted by Gasteiger charge is 2.24. The monoisotopic (exact) mass is 367 g/mol. The van der Waals surface area contributed by atoms with Crippen LogP contribution in [0.1, 0.15) is 17.2 Å². The van der Waals surface area contributed by atoms with Crippen molar-refractivity contribution in [3.63, 3.8) is 0 Å². The SMILES string of the molecule is COC(=O)C(Nc1cccc(C)c1)c1cc(Cl)ccc1Br. The molecule has 0 aliphatic carbocycles. The fraction of sp³-hybridized carbons (Fsp3) is 0.188. The van der Waals surface area contributed by atoms with E-state index in [0.717, 1.165) is 21.3 Å². The van der Waals surface area contributed by atoms with E-state index in [1.54, 1.807) is 12.1 Å². The Kier molecular flexibility index (Phi) is 5.26. The van der Waals surface area contributed by atoms with Crippen molar-refractivity contribution in [3.8, 4) is 0 Å². The molecule has 3 nitrogen and oxygen atoms in total. The van der Waals surface area contributed by atoms with E-state index in [9.17, 15) is 4.79 Å². The molecule has 2 aromatic rings. The number of carbonyl (C=O) groups is 1. The number of ether oxygens (including phenoxy) is 1. The first-order valence-electron chi connectivity index (χ1n) is 6.37. The third-order valence-corrected chi connectivity index (χ3v) is 3.99. The van der Waals surface area contributed by atoms with Crippen LogP contribution in [-0.2, 0) is 9.53 Å². The molecule has 2 rings (SSSR count). The normalized spacial score (nSPS) is 11.8. The summed E-state index contributed by atoms with van der Waals surface area (Å²) in [6.07, 6.45) is 0. The van der Waals surface area contributed by atoms with E-state index in [0.29, 0.717) is 5.02 Å². The first-order valence-corrected chi connectivity index (χ1v) is 7.54. The molecule has 0 aromatic heterocycles. The lowest BCUT2D eigenvalue weighted by Gasteiger charge is -2.20. The van der Waals surface area contributed by atoms with E-state index < -0.39 is 6.04 Å². The van der Waals surface area contributed by atoms with Crippen LogP contribution in [-0.4, -0.2) is 13.1 Å². The van der Waals surface area contributed by atoms with Crippen LogP contribution in [0.3, 0.4) is 0 Å². The second-order valence-corrected chi connectivity index (χ2v) is 5.93. The van der Waals surface area contributed by atoms with Gasteiger partial charge in [0.2, 0.25) is 0 Å². The highest BCUT2D eigenvalue weighted by atomic mass is 79.9. The standard InChI is InChI=1S/C16H15BrClNO2/c1-10-4-3-5-12(8-10)19-15(16(20)21-2)13-9-11(18)6-7-14(13)17/h3-9,15,19H,1-2H3.